The van der Waals surface area contributed by atoms with Crippen LogP contribution in [-0.2, 0) is 16.4 Å². The maximum Gasteiger partial charge on any atom is 0.276 e. The highest BCUT2D eigenvalue weighted by Gasteiger charge is 2.21. The van der Waals surface area contributed by atoms with Crippen LogP contribution in [0.2, 0.25) is 0 Å². The predicted octanol–water partition coefficient (Wildman–Crippen LogP) is 2.84. The number of aromatic nitrogens is 2. The minimum absolute atomic E-state index is 0.0765. The SMILES string of the molecule is NS(=O)(=O)c1cccc(NC(=O)c2ccc(N3CCC(Cc4ccccc4)CC3)nn2)c1. The van der Waals surface area contributed by atoms with Crippen molar-refractivity contribution >= 4 is 27.4 Å². The number of sulfonamides is 1. The summed E-state index contributed by atoms with van der Waals surface area (Å²) in [7, 11) is -3.85. The summed E-state index contributed by atoms with van der Waals surface area (Å²) in [4.78, 5) is 14.6. The number of piperidine rings is 1. The molecular formula is C23H25N5O3S. The number of hydrogen-bond donors (Lipinski definition) is 2. The fraction of sp³-hybridized carbons (Fsp3) is 0.261. The lowest BCUT2D eigenvalue weighted by Gasteiger charge is -2.32. The number of amides is 1. The van der Waals surface area contributed by atoms with E-state index in [1.54, 1.807) is 18.2 Å². The van der Waals surface area contributed by atoms with Crippen molar-refractivity contribution < 1.29 is 13.2 Å². The molecule has 1 aliphatic heterocycles. The van der Waals surface area contributed by atoms with E-state index in [4.69, 9.17) is 5.14 Å². The topological polar surface area (TPSA) is 118 Å². The maximum atomic E-state index is 12.5. The van der Waals surface area contributed by atoms with Crippen molar-refractivity contribution in [1.29, 1.82) is 0 Å². The highest BCUT2D eigenvalue weighted by Crippen LogP contribution is 2.24. The third kappa shape index (κ3) is 5.49. The molecule has 166 valence electrons. The summed E-state index contributed by atoms with van der Waals surface area (Å²) < 4.78 is 23.0. The Morgan fingerprint density at radius 1 is 1.00 bits per heavy atom. The second kappa shape index (κ2) is 9.46. The molecule has 0 spiro atoms. The smallest absolute Gasteiger partial charge is 0.276 e. The van der Waals surface area contributed by atoms with Crippen molar-refractivity contribution in [1.82, 2.24) is 10.2 Å². The van der Waals surface area contributed by atoms with Crippen molar-refractivity contribution in [3.63, 3.8) is 0 Å². The molecule has 1 fully saturated rings. The Balaban J connectivity index is 1.34. The molecule has 0 radical (unpaired) electrons. The summed E-state index contributed by atoms with van der Waals surface area (Å²) in [5, 5.41) is 16.0. The number of nitrogens with two attached hydrogens (primary N) is 1. The summed E-state index contributed by atoms with van der Waals surface area (Å²) in [6.07, 6.45) is 3.25. The highest BCUT2D eigenvalue weighted by atomic mass is 32.2. The van der Waals surface area contributed by atoms with Crippen LogP contribution in [0.3, 0.4) is 0 Å². The van der Waals surface area contributed by atoms with Gasteiger partial charge in [0.2, 0.25) is 10.0 Å². The van der Waals surface area contributed by atoms with Gasteiger partial charge in [-0.3, -0.25) is 4.79 Å². The molecule has 9 heteroatoms. The molecule has 8 nitrogen and oxygen atoms in total. The minimum Gasteiger partial charge on any atom is -0.355 e. The maximum absolute atomic E-state index is 12.5. The third-order valence-electron chi connectivity index (χ3n) is 5.61. The number of carbonyl (C=O) groups is 1. The Labute approximate surface area is 187 Å². The van der Waals surface area contributed by atoms with Crippen LogP contribution >= 0.6 is 0 Å². The molecule has 0 saturated carbocycles. The second-order valence-corrected chi connectivity index (χ2v) is 9.49. The number of hydrogen-bond acceptors (Lipinski definition) is 6. The largest absolute Gasteiger partial charge is 0.355 e. The minimum atomic E-state index is -3.85. The molecule has 3 N–H and O–H groups in total. The summed E-state index contributed by atoms with van der Waals surface area (Å²) in [6, 6.07) is 19.7. The Bertz CT molecular complexity index is 1180. The second-order valence-electron chi connectivity index (χ2n) is 7.92. The summed E-state index contributed by atoms with van der Waals surface area (Å²) in [5.74, 6) is 0.924. The fourth-order valence-corrected chi connectivity index (χ4v) is 4.43. The molecule has 1 amide bonds. The van der Waals surface area contributed by atoms with Gasteiger partial charge in [0.15, 0.2) is 11.5 Å². The molecule has 2 aromatic carbocycles. The third-order valence-corrected chi connectivity index (χ3v) is 6.52. The number of primary sulfonamides is 1. The average Bonchev–Trinajstić information content (AvgIpc) is 2.80. The van der Waals surface area contributed by atoms with E-state index >= 15 is 0 Å². The molecule has 1 saturated heterocycles. The Morgan fingerprint density at radius 2 is 1.75 bits per heavy atom. The molecule has 0 bridgehead atoms. The van der Waals surface area contributed by atoms with Gasteiger partial charge in [0.05, 0.1) is 4.90 Å². The van der Waals surface area contributed by atoms with Gasteiger partial charge in [-0.05, 0) is 61.1 Å². The highest BCUT2D eigenvalue weighted by molar-refractivity contribution is 7.89. The zero-order valence-electron chi connectivity index (χ0n) is 17.5. The Hall–Kier alpha value is -3.30. The van der Waals surface area contributed by atoms with Gasteiger partial charge in [-0.25, -0.2) is 13.6 Å². The fourth-order valence-electron chi connectivity index (χ4n) is 3.87. The number of benzene rings is 2. The van der Waals surface area contributed by atoms with Crippen molar-refractivity contribution in [3.05, 3.63) is 78.0 Å². The van der Waals surface area contributed by atoms with Gasteiger partial charge in [-0.1, -0.05) is 36.4 Å². The van der Waals surface area contributed by atoms with Crippen LogP contribution in [0, 0.1) is 5.92 Å². The lowest BCUT2D eigenvalue weighted by molar-refractivity contribution is 0.102. The van der Waals surface area contributed by atoms with Gasteiger partial charge in [0, 0.05) is 18.8 Å². The van der Waals surface area contributed by atoms with Crippen LogP contribution in [0.4, 0.5) is 11.5 Å². The molecular weight excluding hydrogens is 426 g/mol. The van der Waals surface area contributed by atoms with E-state index in [1.807, 2.05) is 6.07 Å². The molecule has 2 heterocycles. The summed E-state index contributed by atoms with van der Waals surface area (Å²) in [6.45, 7) is 1.80. The Kier molecular flexibility index (Phi) is 6.48. The molecule has 32 heavy (non-hydrogen) atoms. The normalized spacial score (nSPS) is 14.8. The quantitative estimate of drug-likeness (QED) is 0.595. The number of nitrogens with one attached hydrogen (secondary N) is 1. The van der Waals surface area contributed by atoms with Crippen molar-refractivity contribution in [3.8, 4) is 0 Å². The van der Waals surface area contributed by atoms with Gasteiger partial charge in [-0.2, -0.15) is 0 Å². The molecule has 0 aliphatic carbocycles. The molecule has 4 rings (SSSR count). The monoisotopic (exact) mass is 451 g/mol. The van der Waals surface area contributed by atoms with E-state index < -0.39 is 15.9 Å². The lowest BCUT2D eigenvalue weighted by atomic mass is 9.90. The van der Waals surface area contributed by atoms with Crippen LogP contribution in [0.15, 0.2) is 71.6 Å². The van der Waals surface area contributed by atoms with Crippen LogP contribution in [-0.4, -0.2) is 37.6 Å². The Morgan fingerprint density at radius 3 is 2.41 bits per heavy atom. The van der Waals surface area contributed by atoms with E-state index in [1.165, 1.54) is 23.8 Å². The zero-order chi connectivity index (χ0) is 22.6. The van der Waals surface area contributed by atoms with Crippen molar-refractivity contribution in [2.45, 2.75) is 24.2 Å². The number of carbonyl (C=O) groups excluding carboxylic acids is 1. The van der Waals surface area contributed by atoms with Crippen LogP contribution < -0.4 is 15.4 Å². The van der Waals surface area contributed by atoms with E-state index in [-0.39, 0.29) is 10.6 Å². The molecule has 3 aromatic rings. The first-order valence-corrected chi connectivity index (χ1v) is 12.0. The molecule has 0 unspecified atom stereocenters. The predicted molar refractivity (Wildman–Crippen MR) is 123 cm³/mol. The summed E-state index contributed by atoms with van der Waals surface area (Å²) in [5.41, 5.74) is 1.83. The van der Waals surface area contributed by atoms with Gasteiger partial charge < -0.3 is 10.2 Å². The summed E-state index contributed by atoms with van der Waals surface area (Å²) >= 11 is 0. The van der Waals surface area contributed by atoms with Crippen LogP contribution in [0.1, 0.15) is 28.9 Å². The van der Waals surface area contributed by atoms with Crippen molar-refractivity contribution in [2.75, 3.05) is 23.3 Å². The van der Waals surface area contributed by atoms with Gasteiger partial charge >= 0.3 is 0 Å². The van der Waals surface area contributed by atoms with Crippen LogP contribution in [0.5, 0.6) is 0 Å². The standard InChI is InChI=1S/C23H25N5O3S/c24-32(30,31)20-8-4-7-19(16-20)25-23(29)21-9-10-22(27-26-21)28-13-11-18(12-14-28)15-17-5-2-1-3-6-17/h1-10,16,18H,11-15H2,(H,25,29)(H2,24,30,31). The molecule has 1 aromatic heterocycles. The van der Waals surface area contributed by atoms with Gasteiger partial charge in [0.25, 0.3) is 5.91 Å². The molecule has 1 aliphatic rings. The van der Waals surface area contributed by atoms with E-state index in [0.717, 1.165) is 38.2 Å². The lowest BCUT2D eigenvalue weighted by Crippen LogP contribution is -2.35. The average molecular weight is 452 g/mol. The zero-order valence-corrected chi connectivity index (χ0v) is 18.3. The number of rotatable bonds is 6. The first-order valence-electron chi connectivity index (χ1n) is 10.5. The van der Waals surface area contributed by atoms with Gasteiger partial charge in [-0.15, -0.1) is 10.2 Å². The van der Waals surface area contributed by atoms with Gasteiger partial charge in [0.1, 0.15) is 0 Å². The van der Waals surface area contributed by atoms with E-state index in [9.17, 15) is 13.2 Å². The van der Waals surface area contributed by atoms with Crippen molar-refractivity contribution in [2.24, 2.45) is 11.1 Å². The van der Waals surface area contributed by atoms with E-state index in [0.29, 0.717) is 11.6 Å². The first-order chi connectivity index (χ1) is 15.4. The molecule has 0 atom stereocenters. The first kappa shape index (κ1) is 21.9. The number of anilines is 2. The van der Waals surface area contributed by atoms with E-state index in [2.05, 4.69) is 44.7 Å². The number of nitrogens with zero attached hydrogens (tertiary/aromatic N) is 3. The van der Waals surface area contributed by atoms with Crippen LogP contribution in [0.25, 0.3) is 0 Å².